The molecule has 1 aromatic carbocycles. The molecule has 0 spiro atoms. The molecule has 0 saturated heterocycles. The van der Waals surface area contributed by atoms with Crippen LogP contribution in [0.4, 0.5) is 0 Å². The lowest BCUT2D eigenvalue weighted by atomic mass is 9.81. The predicted molar refractivity (Wildman–Crippen MR) is 77.0 cm³/mol. The molecule has 0 bridgehead atoms. The summed E-state index contributed by atoms with van der Waals surface area (Å²) in [6, 6.07) is 11.3. The normalized spacial score (nSPS) is 22.1. The highest BCUT2D eigenvalue weighted by Gasteiger charge is 2.37. The molecule has 0 unspecified atom stereocenters. The fourth-order valence-electron chi connectivity index (χ4n) is 2.16. The summed E-state index contributed by atoms with van der Waals surface area (Å²) in [6.07, 6.45) is 0. The van der Waals surface area contributed by atoms with Crippen LogP contribution in [0.15, 0.2) is 34.9 Å². The molecule has 2 atom stereocenters. The number of ether oxygens (including phenoxy) is 1. The molecule has 6 heteroatoms. The zero-order valence-corrected chi connectivity index (χ0v) is 11.6. The van der Waals surface area contributed by atoms with Crippen LogP contribution in [0.1, 0.15) is 11.5 Å². The second-order valence-electron chi connectivity index (χ2n) is 4.22. The summed E-state index contributed by atoms with van der Waals surface area (Å²) in [5.74, 6) is -0.581. The number of allylic oxidation sites excluding steroid dienone is 1. The van der Waals surface area contributed by atoms with Crippen molar-refractivity contribution in [1.29, 1.82) is 15.9 Å². The van der Waals surface area contributed by atoms with Gasteiger partial charge < -0.3 is 10.5 Å². The van der Waals surface area contributed by atoms with Gasteiger partial charge >= 0.3 is 0 Å². The van der Waals surface area contributed by atoms with E-state index in [0.29, 0.717) is 11.3 Å². The van der Waals surface area contributed by atoms with Crippen molar-refractivity contribution in [1.82, 2.24) is 0 Å². The Labute approximate surface area is 121 Å². The lowest BCUT2D eigenvalue weighted by molar-refractivity contribution is 0.414. The Bertz CT molecular complexity index is 668. The molecule has 5 nitrogen and oxygen atoms in total. The van der Waals surface area contributed by atoms with Crippen molar-refractivity contribution in [3.05, 3.63) is 40.4 Å². The first-order chi connectivity index (χ1) is 9.62. The number of benzene rings is 1. The number of nitrogens with two attached hydrogens (primary N) is 1. The highest BCUT2D eigenvalue weighted by molar-refractivity contribution is 8.17. The molecular weight excluding hydrogens is 272 g/mol. The first-order valence-corrected chi connectivity index (χ1v) is 6.63. The van der Waals surface area contributed by atoms with E-state index in [1.54, 1.807) is 25.3 Å². The molecule has 2 rings (SSSR count). The minimum atomic E-state index is -0.700. The molecule has 0 fully saturated rings. The molecule has 3 N–H and O–H groups in total. The fraction of sp³-hybridized carbons (Fsp3) is 0.214. The van der Waals surface area contributed by atoms with Gasteiger partial charge in [0.25, 0.3) is 0 Å². The second-order valence-corrected chi connectivity index (χ2v) is 5.30. The van der Waals surface area contributed by atoms with Crippen LogP contribution in [0.3, 0.4) is 0 Å². The lowest BCUT2D eigenvalue weighted by Gasteiger charge is -2.27. The van der Waals surface area contributed by atoms with E-state index < -0.39 is 11.8 Å². The van der Waals surface area contributed by atoms with Gasteiger partial charge in [-0.3, -0.25) is 5.41 Å². The lowest BCUT2D eigenvalue weighted by Crippen LogP contribution is -2.26. The highest BCUT2D eigenvalue weighted by atomic mass is 32.2. The third-order valence-electron chi connectivity index (χ3n) is 3.12. The Morgan fingerprint density at radius 3 is 2.75 bits per heavy atom. The largest absolute Gasteiger partial charge is 0.497 e. The average Bonchev–Trinajstić information content (AvgIpc) is 2.46. The summed E-state index contributed by atoms with van der Waals surface area (Å²) in [7, 11) is 1.55. The van der Waals surface area contributed by atoms with Crippen molar-refractivity contribution in [2.24, 2.45) is 11.7 Å². The summed E-state index contributed by atoms with van der Waals surface area (Å²) in [5, 5.41) is 27.0. The minimum absolute atomic E-state index is 0.164. The van der Waals surface area contributed by atoms with Gasteiger partial charge in [0.2, 0.25) is 0 Å². The van der Waals surface area contributed by atoms with E-state index in [2.05, 4.69) is 12.1 Å². The van der Waals surface area contributed by atoms with Crippen molar-refractivity contribution >= 4 is 16.8 Å². The number of nitriles is 2. The molecule has 1 aliphatic heterocycles. The first kappa shape index (κ1) is 14.0. The van der Waals surface area contributed by atoms with Crippen LogP contribution in [0.2, 0.25) is 0 Å². The molecule has 0 saturated carbocycles. The van der Waals surface area contributed by atoms with Gasteiger partial charge in [-0.25, -0.2) is 0 Å². The van der Waals surface area contributed by atoms with Crippen LogP contribution >= 0.6 is 11.8 Å². The first-order valence-electron chi connectivity index (χ1n) is 5.82. The number of nitrogens with one attached hydrogen (secondary N) is 1. The Balaban J connectivity index is 2.59. The summed E-state index contributed by atoms with van der Waals surface area (Å²) in [4.78, 5) is 0. The smallest absolute Gasteiger partial charge is 0.119 e. The maximum atomic E-state index is 9.31. The van der Waals surface area contributed by atoms with Crippen LogP contribution in [0, 0.1) is 34.0 Å². The van der Waals surface area contributed by atoms with E-state index >= 15 is 0 Å². The van der Waals surface area contributed by atoms with Gasteiger partial charge in [0.15, 0.2) is 0 Å². The van der Waals surface area contributed by atoms with Gasteiger partial charge in [-0.2, -0.15) is 10.5 Å². The topological polar surface area (TPSA) is 107 Å². The van der Waals surface area contributed by atoms with E-state index in [1.807, 2.05) is 6.07 Å². The molecule has 100 valence electrons. The summed E-state index contributed by atoms with van der Waals surface area (Å²) in [5.41, 5.74) is 6.92. The number of rotatable bonds is 2. The zero-order chi connectivity index (χ0) is 14.7. The number of methoxy groups -OCH3 is 1. The van der Waals surface area contributed by atoms with E-state index in [9.17, 15) is 10.5 Å². The quantitative estimate of drug-likeness (QED) is 0.866. The van der Waals surface area contributed by atoms with Gasteiger partial charge in [-0.05, 0) is 17.7 Å². The van der Waals surface area contributed by atoms with Gasteiger partial charge in [-0.15, -0.1) is 0 Å². The molecule has 0 radical (unpaired) electrons. The molecule has 0 aromatic heterocycles. The summed E-state index contributed by atoms with van der Waals surface area (Å²) >= 11 is 0.979. The number of hydrogen-bond donors (Lipinski definition) is 2. The molecule has 0 amide bonds. The summed E-state index contributed by atoms with van der Waals surface area (Å²) in [6.45, 7) is 0. The van der Waals surface area contributed by atoms with E-state index in [0.717, 1.165) is 17.3 Å². The van der Waals surface area contributed by atoms with Gasteiger partial charge in [-0.1, -0.05) is 23.9 Å². The molecule has 1 heterocycles. The van der Waals surface area contributed by atoms with Crippen LogP contribution in [0.5, 0.6) is 5.75 Å². The zero-order valence-electron chi connectivity index (χ0n) is 10.8. The van der Waals surface area contributed by atoms with Gasteiger partial charge in [0.1, 0.15) is 11.7 Å². The van der Waals surface area contributed by atoms with Crippen LogP contribution in [-0.2, 0) is 0 Å². The third-order valence-corrected chi connectivity index (χ3v) is 4.04. The SMILES string of the molecule is COc1cccc([C@H]2C(C#N)=C(N)SC(=N)[C@H]2C#N)c1. The second kappa shape index (κ2) is 5.68. The van der Waals surface area contributed by atoms with Crippen LogP contribution < -0.4 is 10.5 Å². The number of hydrogen-bond acceptors (Lipinski definition) is 6. The van der Waals surface area contributed by atoms with Crippen molar-refractivity contribution in [3.63, 3.8) is 0 Å². The molecule has 1 aliphatic rings. The highest BCUT2D eigenvalue weighted by Crippen LogP contribution is 2.43. The Hall–Kier alpha value is -2.44. The monoisotopic (exact) mass is 284 g/mol. The van der Waals surface area contributed by atoms with Crippen molar-refractivity contribution in [2.75, 3.05) is 7.11 Å². The minimum Gasteiger partial charge on any atom is -0.497 e. The van der Waals surface area contributed by atoms with Crippen molar-refractivity contribution in [2.45, 2.75) is 5.92 Å². The molecular formula is C14H12N4OS. The molecule has 20 heavy (non-hydrogen) atoms. The Morgan fingerprint density at radius 1 is 1.40 bits per heavy atom. The van der Waals surface area contributed by atoms with Crippen molar-refractivity contribution in [3.8, 4) is 17.9 Å². The molecule has 1 aromatic rings. The van der Waals surface area contributed by atoms with Gasteiger partial charge in [0, 0.05) is 5.92 Å². The summed E-state index contributed by atoms with van der Waals surface area (Å²) < 4.78 is 5.17. The van der Waals surface area contributed by atoms with E-state index in [4.69, 9.17) is 15.9 Å². The van der Waals surface area contributed by atoms with Crippen LogP contribution in [-0.4, -0.2) is 12.2 Å². The van der Waals surface area contributed by atoms with Gasteiger partial charge in [0.05, 0.1) is 34.9 Å². The van der Waals surface area contributed by atoms with Crippen molar-refractivity contribution < 1.29 is 4.74 Å². The Kier molecular flexibility index (Phi) is 3.97. The number of thioether (sulfide) groups is 1. The van der Waals surface area contributed by atoms with E-state index in [1.165, 1.54) is 0 Å². The maximum Gasteiger partial charge on any atom is 0.119 e. The molecule has 0 aliphatic carbocycles. The van der Waals surface area contributed by atoms with Crippen LogP contribution in [0.25, 0.3) is 0 Å². The maximum absolute atomic E-state index is 9.31. The third kappa shape index (κ3) is 2.34. The standard InChI is InChI=1S/C14H12N4OS/c1-19-9-4-2-3-8(5-9)12-10(6-15)13(17)20-14(18)11(12)7-16/h2-5,10,12,17H,18H2,1H3/t10-,12+/m0/s1. The number of nitrogens with zero attached hydrogens (tertiary/aromatic N) is 2. The van der Waals surface area contributed by atoms with E-state index in [-0.39, 0.29) is 10.1 Å². The fourth-order valence-corrected chi connectivity index (χ4v) is 3.00. The Morgan fingerprint density at radius 2 is 2.15 bits per heavy atom. The average molecular weight is 284 g/mol. The predicted octanol–water partition coefficient (Wildman–Crippen LogP) is 2.34.